The highest BCUT2D eigenvalue weighted by atomic mass is 35.5. The second kappa shape index (κ2) is 5.47. The SMILES string of the molecule is Cc1ccc(-n2nnc(CCl)c2-c2ccccc2)cc1. The van der Waals surface area contributed by atoms with Crippen molar-refractivity contribution in [3.05, 3.63) is 65.9 Å². The molecule has 0 spiro atoms. The maximum atomic E-state index is 5.99. The number of halogens is 1. The number of benzene rings is 2. The highest BCUT2D eigenvalue weighted by Crippen LogP contribution is 2.26. The molecule has 0 aliphatic rings. The molecule has 0 aliphatic heterocycles. The second-order valence-corrected chi connectivity index (χ2v) is 4.90. The molecule has 0 saturated heterocycles. The first-order chi connectivity index (χ1) is 9.79. The molecule has 0 saturated carbocycles. The standard InChI is InChI=1S/C16H14ClN3/c1-12-7-9-14(10-8-12)20-16(15(11-17)18-19-20)13-5-3-2-4-6-13/h2-10H,11H2,1H3. The molecule has 4 heteroatoms. The quantitative estimate of drug-likeness (QED) is 0.681. The lowest BCUT2D eigenvalue weighted by Gasteiger charge is -2.08. The van der Waals surface area contributed by atoms with E-state index < -0.39 is 0 Å². The van der Waals surface area contributed by atoms with Crippen LogP contribution in [0.1, 0.15) is 11.3 Å². The van der Waals surface area contributed by atoms with Gasteiger partial charge in [-0.15, -0.1) is 16.7 Å². The fraction of sp³-hybridized carbons (Fsp3) is 0.125. The van der Waals surface area contributed by atoms with Gasteiger partial charge < -0.3 is 0 Å². The van der Waals surface area contributed by atoms with Crippen molar-refractivity contribution in [1.82, 2.24) is 15.0 Å². The van der Waals surface area contributed by atoms with E-state index in [-0.39, 0.29) is 0 Å². The number of nitrogens with zero attached hydrogens (tertiary/aromatic N) is 3. The molecular formula is C16H14ClN3. The lowest BCUT2D eigenvalue weighted by molar-refractivity contribution is 0.804. The van der Waals surface area contributed by atoms with E-state index in [9.17, 15) is 0 Å². The Labute approximate surface area is 122 Å². The van der Waals surface area contributed by atoms with E-state index >= 15 is 0 Å². The Morgan fingerprint density at radius 3 is 2.35 bits per heavy atom. The topological polar surface area (TPSA) is 30.7 Å². The molecule has 2 aromatic carbocycles. The van der Waals surface area contributed by atoms with Crippen molar-refractivity contribution >= 4 is 11.6 Å². The Morgan fingerprint density at radius 1 is 1.00 bits per heavy atom. The van der Waals surface area contributed by atoms with Crippen LogP contribution in [0.4, 0.5) is 0 Å². The highest BCUT2D eigenvalue weighted by molar-refractivity contribution is 6.17. The van der Waals surface area contributed by atoms with Crippen molar-refractivity contribution in [2.45, 2.75) is 12.8 Å². The largest absolute Gasteiger partial charge is 0.213 e. The summed E-state index contributed by atoms with van der Waals surface area (Å²) in [6.07, 6.45) is 0. The van der Waals surface area contributed by atoms with E-state index in [0.29, 0.717) is 5.88 Å². The van der Waals surface area contributed by atoms with Gasteiger partial charge in [-0.3, -0.25) is 0 Å². The van der Waals surface area contributed by atoms with Crippen LogP contribution in [0, 0.1) is 6.92 Å². The molecular weight excluding hydrogens is 270 g/mol. The summed E-state index contributed by atoms with van der Waals surface area (Å²) < 4.78 is 1.84. The number of hydrogen-bond acceptors (Lipinski definition) is 2. The Hall–Kier alpha value is -2.13. The third-order valence-electron chi connectivity index (χ3n) is 3.19. The summed E-state index contributed by atoms with van der Waals surface area (Å²) in [6.45, 7) is 2.06. The molecule has 0 unspecified atom stereocenters. The fourth-order valence-corrected chi connectivity index (χ4v) is 2.33. The summed E-state index contributed by atoms with van der Waals surface area (Å²) in [6, 6.07) is 18.3. The van der Waals surface area contributed by atoms with Gasteiger partial charge in [-0.2, -0.15) is 0 Å². The van der Waals surface area contributed by atoms with E-state index in [1.54, 1.807) is 0 Å². The van der Waals surface area contributed by atoms with Gasteiger partial charge in [0.05, 0.1) is 17.3 Å². The predicted octanol–water partition coefficient (Wildman–Crippen LogP) is 3.98. The first-order valence-corrected chi connectivity index (χ1v) is 6.96. The summed E-state index contributed by atoms with van der Waals surface area (Å²) in [5.41, 5.74) is 5.00. The summed E-state index contributed by atoms with van der Waals surface area (Å²) in [5, 5.41) is 8.44. The molecule has 0 fully saturated rings. The van der Waals surface area contributed by atoms with Crippen LogP contribution in [-0.2, 0) is 5.88 Å². The fourth-order valence-electron chi connectivity index (χ4n) is 2.15. The van der Waals surface area contributed by atoms with Crippen LogP contribution in [0.25, 0.3) is 16.9 Å². The van der Waals surface area contributed by atoms with Gasteiger partial charge in [0.1, 0.15) is 5.69 Å². The first kappa shape index (κ1) is 12.9. The van der Waals surface area contributed by atoms with Gasteiger partial charge >= 0.3 is 0 Å². The molecule has 0 bridgehead atoms. The van der Waals surface area contributed by atoms with Crippen LogP contribution in [0.3, 0.4) is 0 Å². The van der Waals surface area contributed by atoms with Crippen LogP contribution in [0.15, 0.2) is 54.6 Å². The van der Waals surface area contributed by atoms with Crippen LogP contribution in [0.5, 0.6) is 0 Å². The average molecular weight is 284 g/mol. The zero-order chi connectivity index (χ0) is 13.9. The maximum Gasteiger partial charge on any atom is 0.106 e. The van der Waals surface area contributed by atoms with E-state index in [1.165, 1.54) is 5.56 Å². The minimum absolute atomic E-state index is 0.343. The van der Waals surface area contributed by atoms with Gasteiger partial charge in [-0.1, -0.05) is 53.2 Å². The van der Waals surface area contributed by atoms with Gasteiger partial charge in [0, 0.05) is 5.56 Å². The number of rotatable bonds is 3. The monoisotopic (exact) mass is 283 g/mol. The Bertz CT molecular complexity index is 702. The summed E-state index contributed by atoms with van der Waals surface area (Å²) in [4.78, 5) is 0. The molecule has 3 aromatic rings. The zero-order valence-corrected chi connectivity index (χ0v) is 11.9. The van der Waals surface area contributed by atoms with Crippen molar-refractivity contribution in [2.75, 3.05) is 0 Å². The zero-order valence-electron chi connectivity index (χ0n) is 11.1. The highest BCUT2D eigenvalue weighted by Gasteiger charge is 2.15. The van der Waals surface area contributed by atoms with Crippen molar-refractivity contribution in [3.8, 4) is 16.9 Å². The number of alkyl halides is 1. The van der Waals surface area contributed by atoms with E-state index in [4.69, 9.17) is 11.6 Å². The smallest absolute Gasteiger partial charge is 0.106 e. The molecule has 0 N–H and O–H groups in total. The van der Waals surface area contributed by atoms with Crippen LogP contribution >= 0.6 is 11.6 Å². The Balaban J connectivity index is 2.17. The van der Waals surface area contributed by atoms with Crippen molar-refractivity contribution in [3.63, 3.8) is 0 Å². The Morgan fingerprint density at radius 2 is 1.70 bits per heavy atom. The van der Waals surface area contributed by atoms with Crippen molar-refractivity contribution < 1.29 is 0 Å². The molecule has 0 amide bonds. The molecule has 3 nitrogen and oxygen atoms in total. The molecule has 100 valence electrons. The number of aromatic nitrogens is 3. The lowest BCUT2D eigenvalue weighted by atomic mass is 10.1. The molecule has 20 heavy (non-hydrogen) atoms. The number of hydrogen-bond donors (Lipinski definition) is 0. The minimum atomic E-state index is 0.343. The third-order valence-corrected chi connectivity index (χ3v) is 3.45. The molecule has 0 atom stereocenters. The summed E-state index contributed by atoms with van der Waals surface area (Å²) >= 11 is 5.99. The van der Waals surface area contributed by atoms with Crippen LogP contribution < -0.4 is 0 Å². The van der Waals surface area contributed by atoms with Gasteiger partial charge in [-0.05, 0) is 19.1 Å². The summed E-state index contributed by atoms with van der Waals surface area (Å²) in [5.74, 6) is 0.343. The molecule has 1 aromatic heterocycles. The third kappa shape index (κ3) is 2.32. The Kier molecular flexibility index (Phi) is 3.52. The average Bonchev–Trinajstić information content (AvgIpc) is 2.93. The van der Waals surface area contributed by atoms with Gasteiger partial charge in [0.2, 0.25) is 0 Å². The van der Waals surface area contributed by atoms with Crippen LogP contribution in [-0.4, -0.2) is 15.0 Å². The van der Waals surface area contributed by atoms with E-state index in [0.717, 1.165) is 22.6 Å². The second-order valence-electron chi connectivity index (χ2n) is 4.63. The van der Waals surface area contributed by atoms with Gasteiger partial charge in [0.15, 0.2) is 0 Å². The normalized spacial score (nSPS) is 10.7. The first-order valence-electron chi connectivity index (χ1n) is 6.42. The molecule has 3 rings (SSSR count). The lowest BCUT2D eigenvalue weighted by Crippen LogP contribution is -1.99. The van der Waals surface area contributed by atoms with Crippen LogP contribution in [0.2, 0.25) is 0 Å². The van der Waals surface area contributed by atoms with E-state index in [1.807, 2.05) is 47.1 Å². The van der Waals surface area contributed by atoms with Gasteiger partial charge in [0.25, 0.3) is 0 Å². The minimum Gasteiger partial charge on any atom is -0.213 e. The van der Waals surface area contributed by atoms with Gasteiger partial charge in [-0.25, -0.2) is 4.68 Å². The van der Waals surface area contributed by atoms with Crippen molar-refractivity contribution in [2.24, 2.45) is 0 Å². The van der Waals surface area contributed by atoms with E-state index in [2.05, 4.69) is 29.4 Å². The van der Waals surface area contributed by atoms with Crippen molar-refractivity contribution in [1.29, 1.82) is 0 Å². The summed E-state index contributed by atoms with van der Waals surface area (Å²) in [7, 11) is 0. The molecule has 0 radical (unpaired) electrons. The predicted molar refractivity (Wildman–Crippen MR) is 81.1 cm³/mol. The molecule has 1 heterocycles. The number of aryl methyl sites for hydroxylation is 1. The molecule has 0 aliphatic carbocycles. The maximum absolute atomic E-state index is 5.99.